The highest BCUT2D eigenvalue weighted by Crippen LogP contribution is 2.32. The minimum atomic E-state index is -2.54. The van der Waals surface area contributed by atoms with Gasteiger partial charge in [-0.3, -0.25) is 4.79 Å². The van der Waals surface area contributed by atoms with E-state index in [2.05, 4.69) is 26.2 Å². The largest absolute Gasteiger partial charge is 0.325 e. The number of rotatable bonds is 6. The number of hydrogen-bond acceptors (Lipinski definition) is 4. The van der Waals surface area contributed by atoms with Crippen LogP contribution in [-0.2, 0) is 11.2 Å². The van der Waals surface area contributed by atoms with Crippen molar-refractivity contribution in [3.63, 3.8) is 0 Å². The molecule has 0 radical (unpaired) electrons. The van der Waals surface area contributed by atoms with Gasteiger partial charge in [-0.15, -0.1) is 11.3 Å². The molecule has 0 aliphatic carbocycles. The summed E-state index contributed by atoms with van der Waals surface area (Å²) in [6.45, 7) is 0. The fourth-order valence-corrected chi connectivity index (χ4v) is 4.08. The summed E-state index contributed by atoms with van der Waals surface area (Å²) in [6.07, 6.45) is 0.0815. The number of thiazole rings is 1. The fourth-order valence-electron chi connectivity index (χ4n) is 2.27. The van der Waals surface area contributed by atoms with Gasteiger partial charge in [0.25, 0.3) is 5.76 Å². The lowest BCUT2D eigenvalue weighted by atomic mass is 10.2. The van der Waals surface area contributed by atoms with Crippen molar-refractivity contribution in [2.24, 2.45) is 0 Å². The molecule has 2 aromatic carbocycles. The van der Waals surface area contributed by atoms with E-state index in [-0.39, 0.29) is 12.3 Å². The van der Waals surface area contributed by atoms with Gasteiger partial charge in [0.15, 0.2) is 0 Å². The van der Waals surface area contributed by atoms with Crippen LogP contribution < -0.4 is 5.32 Å². The lowest BCUT2D eigenvalue weighted by molar-refractivity contribution is -0.115. The molecule has 0 atom stereocenters. The first-order chi connectivity index (χ1) is 12.5. The molecule has 1 heterocycles. The summed E-state index contributed by atoms with van der Waals surface area (Å²) in [5.74, 6) is -2.84. The monoisotopic (exact) mass is 454 g/mol. The zero-order valence-electron chi connectivity index (χ0n) is 13.3. The molecule has 1 N–H and O–H groups in total. The number of carbonyl (C=O) groups is 1. The van der Waals surface area contributed by atoms with Crippen LogP contribution in [0.4, 0.5) is 14.5 Å². The number of thioether (sulfide) groups is 1. The lowest BCUT2D eigenvalue weighted by Crippen LogP contribution is -2.15. The summed E-state index contributed by atoms with van der Waals surface area (Å²) in [4.78, 5) is 17.1. The van der Waals surface area contributed by atoms with E-state index in [0.29, 0.717) is 28.0 Å². The summed E-state index contributed by atoms with van der Waals surface area (Å²) < 4.78 is 26.2. The van der Waals surface area contributed by atoms with Crippen LogP contribution in [0.1, 0.15) is 5.69 Å². The highest BCUT2D eigenvalue weighted by molar-refractivity contribution is 9.10. The van der Waals surface area contributed by atoms with Gasteiger partial charge in [0, 0.05) is 20.3 Å². The van der Waals surface area contributed by atoms with E-state index in [1.165, 1.54) is 11.3 Å². The van der Waals surface area contributed by atoms with Gasteiger partial charge in [-0.2, -0.15) is 8.78 Å². The van der Waals surface area contributed by atoms with Gasteiger partial charge < -0.3 is 5.32 Å². The van der Waals surface area contributed by atoms with Crippen molar-refractivity contribution < 1.29 is 13.6 Å². The summed E-state index contributed by atoms with van der Waals surface area (Å²) in [7, 11) is 0. The molecule has 8 heteroatoms. The lowest BCUT2D eigenvalue weighted by Gasteiger charge is -2.09. The molecule has 1 amide bonds. The molecule has 0 fully saturated rings. The Morgan fingerprint density at radius 1 is 1.23 bits per heavy atom. The Kier molecular flexibility index (Phi) is 6.39. The summed E-state index contributed by atoms with van der Waals surface area (Å²) >= 11 is 5.29. The topological polar surface area (TPSA) is 42.0 Å². The minimum absolute atomic E-state index is 0.0815. The predicted molar refractivity (Wildman–Crippen MR) is 106 cm³/mol. The van der Waals surface area contributed by atoms with Gasteiger partial charge in [-0.25, -0.2) is 4.98 Å². The summed E-state index contributed by atoms with van der Waals surface area (Å²) in [5.41, 5.74) is 1.99. The smallest absolute Gasteiger partial charge is 0.288 e. The Balaban J connectivity index is 1.68. The zero-order valence-corrected chi connectivity index (χ0v) is 16.5. The van der Waals surface area contributed by atoms with Crippen molar-refractivity contribution in [1.29, 1.82) is 0 Å². The number of hydrogen-bond donors (Lipinski definition) is 1. The first kappa shape index (κ1) is 19.0. The average Bonchev–Trinajstić information content (AvgIpc) is 3.04. The summed E-state index contributed by atoms with van der Waals surface area (Å²) in [6, 6.07) is 14.3. The first-order valence-electron chi connectivity index (χ1n) is 7.55. The normalized spacial score (nSPS) is 10.9. The second-order valence-corrected chi connectivity index (χ2v) is 8.06. The number of benzene rings is 2. The molecule has 3 aromatic rings. The van der Waals surface area contributed by atoms with Gasteiger partial charge in [0.05, 0.1) is 17.8 Å². The molecule has 0 saturated carbocycles. The number of alkyl halides is 2. The van der Waals surface area contributed by atoms with Crippen molar-refractivity contribution >= 4 is 50.6 Å². The number of halogens is 3. The maximum atomic E-state index is 12.6. The third-order valence-corrected chi connectivity index (χ3v) is 5.56. The van der Waals surface area contributed by atoms with Crippen LogP contribution in [0, 0.1) is 0 Å². The second-order valence-electron chi connectivity index (χ2n) is 5.25. The number of carbonyl (C=O) groups excluding carboxylic acids is 1. The van der Waals surface area contributed by atoms with E-state index >= 15 is 0 Å². The van der Waals surface area contributed by atoms with E-state index in [1.807, 2.05) is 29.6 Å². The molecular formula is C18H13BrF2N2OS2. The molecular weight excluding hydrogens is 442 g/mol. The van der Waals surface area contributed by atoms with Crippen LogP contribution in [-0.4, -0.2) is 16.6 Å². The van der Waals surface area contributed by atoms with Gasteiger partial charge in [0.1, 0.15) is 5.01 Å². The molecule has 0 unspecified atom stereocenters. The van der Waals surface area contributed by atoms with E-state index in [0.717, 1.165) is 15.0 Å². The van der Waals surface area contributed by atoms with Crippen molar-refractivity contribution in [2.45, 2.75) is 17.1 Å². The standard InChI is InChI=1S/C18H13BrF2N2OS2/c19-12-5-3-4-11(8-12)17-22-13(10-25-17)9-16(24)23-14-6-1-2-7-15(14)26-18(20)21/h1-8,10,18H,9H2,(H,23,24). The van der Waals surface area contributed by atoms with Gasteiger partial charge in [-0.05, 0) is 24.3 Å². The zero-order chi connectivity index (χ0) is 18.5. The van der Waals surface area contributed by atoms with Crippen LogP contribution in [0.25, 0.3) is 10.6 Å². The maximum Gasteiger partial charge on any atom is 0.288 e. The minimum Gasteiger partial charge on any atom is -0.325 e. The SMILES string of the molecule is O=C(Cc1csc(-c2cccc(Br)c2)n1)Nc1ccccc1SC(F)F. The molecule has 134 valence electrons. The molecule has 0 aliphatic heterocycles. The third kappa shape index (κ3) is 5.12. The van der Waals surface area contributed by atoms with Crippen molar-refractivity contribution in [1.82, 2.24) is 4.98 Å². The number of nitrogens with one attached hydrogen (secondary N) is 1. The Labute approximate surface area is 166 Å². The second kappa shape index (κ2) is 8.75. The Morgan fingerprint density at radius 2 is 2.04 bits per heavy atom. The van der Waals surface area contributed by atoms with Gasteiger partial charge >= 0.3 is 0 Å². The van der Waals surface area contributed by atoms with Gasteiger partial charge in [-0.1, -0.05) is 52.0 Å². The molecule has 0 aliphatic rings. The number of anilines is 1. The summed E-state index contributed by atoms with van der Waals surface area (Å²) in [5, 5.41) is 5.34. The van der Waals surface area contributed by atoms with Crippen LogP contribution in [0.3, 0.4) is 0 Å². The number of nitrogens with zero attached hydrogens (tertiary/aromatic N) is 1. The van der Waals surface area contributed by atoms with Crippen LogP contribution in [0.15, 0.2) is 63.3 Å². The van der Waals surface area contributed by atoms with Crippen LogP contribution in [0.2, 0.25) is 0 Å². The molecule has 3 nitrogen and oxygen atoms in total. The van der Waals surface area contributed by atoms with Crippen molar-refractivity contribution in [2.75, 3.05) is 5.32 Å². The number of aromatic nitrogens is 1. The molecule has 0 saturated heterocycles. The van der Waals surface area contributed by atoms with E-state index in [1.54, 1.807) is 24.3 Å². The molecule has 3 rings (SSSR count). The van der Waals surface area contributed by atoms with Gasteiger partial charge in [0.2, 0.25) is 5.91 Å². The highest BCUT2D eigenvalue weighted by Gasteiger charge is 2.13. The van der Waals surface area contributed by atoms with E-state index in [9.17, 15) is 13.6 Å². The predicted octanol–water partition coefficient (Wildman–Crippen LogP) is 6.07. The first-order valence-corrected chi connectivity index (χ1v) is 10.1. The van der Waals surface area contributed by atoms with E-state index < -0.39 is 5.76 Å². The third-order valence-electron chi connectivity index (χ3n) is 3.34. The van der Waals surface area contributed by atoms with Crippen LogP contribution >= 0.6 is 39.0 Å². The van der Waals surface area contributed by atoms with E-state index in [4.69, 9.17) is 0 Å². The highest BCUT2D eigenvalue weighted by atomic mass is 79.9. The molecule has 1 aromatic heterocycles. The number of para-hydroxylation sites is 1. The quantitative estimate of drug-likeness (QED) is 0.459. The molecule has 0 spiro atoms. The van der Waals surface area contributed by atoms with Crippen molar-refractivity contribution in [3.8, 4) is 10.6 Å². The Hall–Kier alpha value is -1.77. The number of amides is 1. The van der Waals surface area contributed by atoms with Crippen molar-refractivity contribution in [3.05, 3.63) is 64.1 Å². The molecule has 0 bridgehead atoms. The molecule has 26 heavy (non-hydrogen) atoms. The Morgan fingerprint density at radius 3 is 2.81 bits per heavy atom. The Bertz CT molecular complexity index is 917. The van der Waals surface area contributed by atoms with Crippen LogP contribution in [0.5, 0.6) is 0 Å². The maximum absolute atomic E-state index is 12.6. The fraction of sp³-hybridized carbons (Fsp3) is 0.111. The average molecular weight is 455 g/mol.